The summed E-state index contributed by atoms with van der Waals surface area (Å²) in [5.74, 6) is 0.558. The molecule has 0 nitrogen and oxygen atoms in total. The van der Waals surface area contributed by atoms with E-state index < -0.39 is 0 Å². The van der Waals surface area contributed by atoms with E-state index in [-0.39, 0.29) is 0 Å². The first kappa shape index (κ1) is 8.72. The van der Waals surface area contributed by atoms with Gasteiger partial charge >= 0.3 is 0 Å². The zero-order chi connectivity index (χ0) is 10.3. The third-order valence-corrected chi connectivity index (χ3v) is 3.20. The molecule has 0 bridgehead atoms. The Hall–Kier alpha value is -1.56. The van der Waals surface area contributed by atoms with Crippen LogP contribution in [-0.2, 0) is 6.42 Å². The van der Waals surface area contributed by atoms with E-state index in [4.69, 9.17) is 0 Å². The van der Waals surface area contributed by atoms with Crippen LogP contribution in [0.4, 0.5) is 0 Å². The molecule has 2 aliphatic carbocycles. The summed E-state index contributed by atoms with van der Waals surface area (Å²) in [5.41, 5.74) is 5.77. The van der Waals surface area contributed by atoms with Gasteiger partial charge in [0.05, 0.1) is 0 Å². The van der Waals surface area contributed by atoms with Crippen molar-refractivity contribution in [2.45, 2.75) is 13.3 Å². The fourth-order valence-electron chi connectivity index (χ4n) is 2.34. The SMILES string of the molecule is CC1C=CC2=C(C=C1)c1ccccc1C2. The van der Waals surface area contributed by atoms with Gasteiger partial charge in [0.1, 0.15) is 0 Å². The summed E-state index contributed by atoms with van der Waals surface area (Å²) >= 11 is 0. The van der Waals surface area contributed by atoms with Crippen LogP contribution in [0, 0.1) is 5.92 Å². The molecular weight excluding hydrogens is 180 g/mol. The van der Waals surface area contributed by atoms with Gasteiger partial charge in [0, 0.05) is 0 Å². The monoisotopic (exact) mass is 194 g/mol. The van der Waals surface area contributed by atoms with E-state index in [9.17, 15) is 0 Å². The standard InChI is InChI=1S/C15H14/c1-11-6-8-13-10-12-4-2-3-5-14(12)15(13)9-7-11/h2-9,11H,10H2,1H3. The molecule has 0 amide bonds. The number of benzene rings is 1. The van der Waals surface area contributed by atoms with Crippen molar-refractivity contribution < 1.29 is 0 Å². The van der Waals surface area contributed by atoms with E-state index in [1.165, 1.54) is 22.3 Å². The molecule has 1 atom stereocenters. The van der Waals surface area contributed by atoms with Crippen LogP contribution in [0.1, 0.15) is 18.1 Å². The third-order valence-electron chi connectivity index (χ3n) is 3.20. The predicted molar refractivity (Wildman–Crippen MR) is 64.5 cm³/mol. The summed E-state index contributed by atoms with van der Waals surface area (Å²) in [6.45, 7) is 2.22. The minimum absolute atomic E-state index is 0.558. The van der Waals surface area contributed by atoms with Gasteiger partial charge in [0.25, 0.3) is 0 Å². The minimum atomic E-state index is 0.558. The quantitative estimate of drug-likeness (QED) is 0.590. The van der Waals surface area contributed by atoms with Crippen molar-refractivity contribution in [3.8, 4) is 0 Å². The molecule has 0 aromatic heterocycles. The molecule has 3 rings (SSSR count). The maximum atomic E-state index is 2.29. The second-order valence-corrected chi connectivity index (χ2v) is 4.35. The van der Waals surface area contributed by atoms with Gasteiger partial charge in [-0.2, -0.15) is 0 Å². The lowest BCUT2D eigenvalue weighted by molar-refractivity contribution is 0.940. The van der Waals surface area contributed by atoms with Gasteiger partial charge in [-0.15, -0.1) is 0 Å². The number of allylic oxidation sites excluding steroid dienone is 6. The van der Waals surface area contributed by atoms with Crippen LogP contribution >= 0.6 is 0 Å². The normalized spacial score (nSPS) is 22.6. The lowest BCUT2D eigenvalue weighted by atomic mass is 10.0. The van der Waals surface area contributed by atoms with Crippen LogP contribution in [0.15, 0.2) is 54.1 Å². The third kappa shape index (κ3) is 1.37. The van der Waals surface area contributed by atoms with E-state index in [2.05, 4.69) is 55.5 Å². The van der Waals surface area contributed by atoms with Gasteiger partial charge in [-0.05, 0) is 34.6 Å². The Kier molecular flexibility index (Phi) is 1.88. The molecule has 1 aromatic carbocycles. The Morgan fingerprint density at radius 2 is 1.87 bits per heavy atom. The molecule has 0 saturated carbocycles. The van der Waals surface area contributed by atoms with E-state index in [0.29, 0.717) is 5.92 Å². The van der Waals surface area contributed by atoms with Crippen LogP contribution in [-0.4, -0.2) is 0 Å². The van der Waals surface area contributed by atoms with E-state index in [1.54, 1.807) is 0 Å². The van der Waals surface area contributed by atoms with Crippen LogP contribution < -0.4 is 0 Å². The minimum Gasteiger partial charge on any atom is -0.0776 e. The Morgan fingerprint density at radius 3 is 2.80 bits per heavy atom. The molecule has 0 aliphatic heterocycles. The largest absolute Gasteiger partial charge is 0.0776 e. The van der Waals surface area contributed by atoms with Crippen molar-refractivity contribution in [1.82, 2.24) is 0 Å². The van der Waals surface area contributed by atoms with E-state index in [1.807, 2.05) is 0 Å². The molecule has 0 N–H and O–H groups in total. The first-order valence-corrected chi connectivity index (χ1v) is 5.52. The summed E-state index contributed by atoms with van der Waals surface area (Å²) in [7, 11) is 0. The van der Waals surface area contributed by atoms with Crippen molar-refractivity contribution in [1.29, 1.82) is 0 Å². The van der Waals surface area contributed by atoms with E-state index in [0.717, 1.165) is 6.42 Å². The van der Waals surface area contributed by atoms with Crippen LogP contribution in [0.5, 0.6) is 0 Å². The van der Waals surface area contributed by atoms with Crippen molar-refractivity contribution >= 4 is 5.57 Å². The molecule has 0 saturated heterocycles. The summed E-state index contributed by atoms with van der Waals surface area (Å²) < 4.78 is 0. The molecule has 1 aromatic rings. The van der Waals surface area contributed by atoms with Crippen molar-refractivity contribution in [2.24, 2.45) is 5.92 Å². The highest BCUT2D eigenvalue weighted by molar-refractivity contribution is 5.85. The molecule has 74 valence electrons. The summed E-state index contributed by atoms with van der Waals surface area (Å²) in [6, 6.07) is 8.71. The lowest BCUT2D eigenvalue weighted by Gasteiger charge is -2.00. The zero-order valence-electron chi connectivity index (χ0n) is 8.90. The van der Waals surface area contributed by atoms with Crippen LogP contribution in [0.3, 0.4) is 0 Å². The Labute approximate surface area is 90.6 Å². The lowest BCUT2D eigenvalue weighted by Crippen LogP contribution is -1.84. The molecule has 0 fully saturated rings. The van der Waals surface area contributed by atoms with Gasteiger partial charge in [0.15, 0.2) is 0 Å². The maximum Gasteiger partial charge on any atom is -0.00136 e. The molecule has 0 radical (unpaired) electrons. The average Bonchev–Trinajstić information content (AvgIpc) is 2.51. The van der Waals surface area contributed by atoms with Crippen molar-refractivity contribution in [3.63, 3.8) is 0 Å². The molecule has 1 unspecified atom stereocenters. The molecule has 2 aliphatic rings. The Morgan fingerprint density at radius 1 is 1.07 bits per heavy atom. The molecule has 0 spiro atoms. The zero-order valence-corrected chi connectivity index (χ0v) is 8.90. The molecule has 0 heteroatoms. The van der Waals surface area contributed by atoms with Gasteiger partial charge in [-0.3, -0.25) is 0 Å². The van der Waals surface area contributed by atoms with Gasteiger partial charge < -0.3 is 0 Å². The number of hydrogen-bond acceptors (Lipinski definition) is 0. The highest BCUT2D eigenvalue weighted by atomic mass is 14.2. The predicted octanol–water partition coefficient (Wildman–Crippen LogP) is 3.76. The number of hydrogen-bond donors (Lipinski definition) is 0. The topological polar surface area (TPSA) is 0 Å². The highest BCUT2D eigenvalue weighted by Gasteiger charge is 2.18. The summed E-state index contributed by atoms with van der Waals surface area (Å²) in [5, 5.41) is 0. The molecular formula is C15H14. The molecule has 15 heavy (non-hydrogen) atoms. The first-order chi connectivity index (χ1) is 7.34. The average molecular weight is 194 g/mol. The number of rotatable bonds is 0. The summed E-state index contributed by atoms with van der Waals surface area (Å²) in [4.78, 5) is 0. The second-order valence-electron chi connectivity index (χ2n) is 4.35. The van der Waals surface area contributed by atoms with Gasteiger partial charge in [-0.25, -0.2) is 0 Å². The van der Waals surface area contributed by atoms with Crippen LogP contribution in [0.25, 0.3) is 5.57 Å². The van der Waals surface area contributed by atoms with Gasteiger partial charge in [-0.1, -0.05) is 55.5 Å². The van der Waals surface area contributed by atoms with Crippen molar-refractivity contribution in [3.05, 3.63) is 65.3 Å². The fraction of sp³-hybridized carbons (Fsp3) is 0.200. The Balaban J connectivity index is 2.14. The smallest absolute Gasteiger partial charge is 0.00136 e. The van der Waals surface area contributed by atoms with Gasteiger partial charge in [0.2, 0.25) is 0 Å². The Bertz CT molecular complexity index is 487. The fourth-order valence-corrected chi connectivity index (χ4v) is 2.34. The second kappa shape index (κ2) is 3.23. The highest BCUT2D eigenvalue weighted by Crippen LogP contribution is 2.35. The molecule has 0 heterocycles. The van der Waals surface area contributed by atoms with E-state index >= 15 is 0 Å². The summed E-state index contributed by atoms with van der Waals surface area (Å²) in [6.07, 6.45) is 10.2. The maximum absolute atomic E-state index is 2.29. The van der Waals surface area contributed by atoms with Crippen molar-refractivity contribution in [2.75, 3.05) is 0 Å². The van der Waals surface area contributed by atoms with Crippen LogP contribution in [0.2, 0.25) is 0 Å². The first-order valence-electron chi connectivity index (χ1n) is 5.52. The number of fused-ring (bicyclic) bond motifs is 2.